The van der Waals surface area contributed by atoms with E-state index in [9.17, 15) is 8.42 Å². The number of nitrogens with one attached hydrogen (secondary N) is 1. The van der Waals surface area contributed by atoms with Crippen LogP contribution in [0.2, 0.25) is 0 Å². The van der Waals surface area contributed by atoms with Gasteiger partial charge in [-0.25, -0.2) is 13.1 Å². The first-order chi connectivity index (χ1) is 7.86. The van der Waals surface area contributed by atoms with Gasteiger partial charge in [0.1, 0.15) is 0 Å². The summed E-state index contributed by atoms with van der Waals surface area (Å²) in [4.78, 5) is 1.12. The molecule has 3 nitrogen and oxygen atoms in total. The van der Waals surface area contributed by atoms with Crippen molar-refractivity contribution < 1.29 is 8.42 Å². The van der Waals surface area contributed by atoms with Crippen LogP contribution in [0.5, 0.6) is 0 Å². The summed E-state index contributed by atoms with van der Waals surface area (Å²) in [6.07, 6.45) is 1.48. The molecule has 0 bridgehead atoms. The van der Waals surface area contributed by atoms with Crippen LogP contribution >= 0.6 is 38.9 Å². The second-order valence-corrected chi connectivity index (χ2v) is 8.65. The third kappa shape index (κ3) is 4.52. The van der Waals surface area contributed by atoms with Crippen LogP contribution in [0.1, 0.15) is 24.6 Å². The van der Waals surface area contributed by atoms with Gasteiger partial charge in [-0.15, -0.1) is 22.9 Å². The summed E-state index contributed by atoms with van der Waals surface area (Å²) in [5.41, 5.74) is 0. The van der Waals surface area contributed by atoms with Crippen LogP contribution in [-0.2, 0) is 10.0 Å². The first-order valence-electron chi connectivity index (χ1n) is 5.26. The van der Waals surface area contributed by atoms with E-state index < -0.39 is 10.0 Å². The van der Waals surface area contributed by atoms with E-state index in [0.717, 1.165) is 15.1 Å². The molecule has 0 saturated carbocycles. The van der Waals surface area contributed by atoms with Crippen molar-refractivity contribution in [3.05, 3.63) is 14.7 Å². The molecule has 0 radical (unpaired) electrons. The van der Waals surface area contributed by atoms with Gasteiger partial charge in [-0.1, -0.05) is 6.92 Å². The summed E-state index contributed by atoms with van der Waals surface area (Å²) in [5.74, 6) is 0. The predicted molar refractivity (Wildman–Crippen MR) is 76.5 cm³/mol. The number of aryl methyl sites for hydroxylation is 1. The number of hydrogen-bond donors (Lipinski definition) is 1. The Bertz CT molecular complexity index is 473. The molecule has 1 rings (SSSR count). The first kappa shape index (κ1) is 15.4. The number of sulfonamides is 1. The Morgan fingerprint density at radius 1 is 1.59 bits per heavy atom. The lowest BCUT2D eigenvalue weighted by Crippen LogP contribution is -2.26. The summed E-state index contributed by atoms with van der Waals surface area (Å²) in [5, 5.41) is 0.0213. The van der Waals surface area contributed by atoms with E-state index in [2.05, 4.69) is 20.7 Å². The van der Waals surface area contributed by atoms with Crippen molar-refractivity contribution in [2.45, 2.75) is 37.0 Å². The highest BCUT2D eigenvalue weighted by atomic mass is 79.9. The Morgan fingerprint density at radius 2 is 2.24 bits per heavy atom. The van der Waals surface area contributed by atoms with Gasteiger partial charge in [-0.05, 0) is 41.8 Å². The molecule has 0 saturated heterocycles. The molecule has 0 spiro atoms. The van der Waals surface area contributed by atoms with Gasteiger partial charge in [0, 0.05) is 16.8 Å². The molecule has 1 unspecified atom stereocenters. The zero-order chi connectivity index (χ0) is 13.1. The lowest BCUT2D eigenvalue weighted by molar-refractivity contribution is 0.576. The van der Waals surface area contributed by atoms with Crippen LogP contribution in [0, 0.1) is 6.92 Å². The zero-order valence-electron chi connectivity index (χ0n) is 9.66. The number of thiophene rings is 1. The van der Waals surface area contributed by atoms with E-state index in [-0.39, 0.29) is 5.38 Å². The number of rotatable bonds is 6. The first-order valence-corrected chi connectivity index (χ1v) is 8.79. The normalized spacial score (nSPS) is 13.9. The molecular formula is C10H15BrClNO2S2. The van der Waals surface area contributed by atoms with Crippen LogP contribution < -0.4 is 4.72 Å². The van der Waals surface area contributed by atoms with E-state index >= 15 is 0 Å². The van der Waals surface area contributed by atoms with Crippen LogP contribution in [0.3, 0.4) is 0 Å². The van der Waals surface area contributed by atoms with E-state index in [1.165, 1.54) is 11.3 Å². The minimum atomic E-state index is -3.40. The van der Waals surface area contributed by atoms with Crippen molar-refractivity contribution in [1.82, 2.24) is 4.72 Å². The number of halogens is 2. The number of alkyl halides is 1. The lowest BCUT2D eigenvalue weighted by atomic mass is 10.2. The van der Waals surface area contributed by atoms with Gasteiger partial charge in [-0.3, -0.25) is 0 Å². The summed E-state index contributed by atoms with van der Waals surface area (Å²) >= 11 is 10.6. The fraction of sp³-hybridized carbons (Fsp3) is 0.600. The highest BCUT2D eigenvalue weighted by Gasteiger charge is 2.19. The average Bonchev–Trinajstić information content (AvgIpc) is 2.58. The van der Waals surface area contributed by atoms with Crippen molar-refractivity contribution in [2.24, 2.45) is 0 Å². The predicted octanol–water partition coefficient (Wildman–Crippen LogP) is 3.50. The molecule has 1 aromatic rings. The maximum atomic E-state index is 12.0. The lowest BCUT2D eigenvalue weighted by Gasteiger charge is -2.08. The molecular weight excluding hydrogens is 346 g/mol. The van der Waals surface area contributed by atoms with Crippen molar-refractivity contribution in [2.75, 3.05) is 6.54 Å². The minimum absolute atomic E-state index is 0.0213. The SMILES string of the molecule is CCC(Cl)CCNS(=O)(=O)c1cc(Br)sc1C. The highest BCUT2D eigenvalue weighted by Crippen LogP contribution is 2.29. The van der Waals surface area contributed by atoms with Gasteiger partial charge in [0.2, 0.25) is 10.0 Å². The largest absolute Gasteiger partial charge is 0.241 e. The molecule has 0 aromatic carbocycles. The van der Waals surface area contributed by atoms with Crippen LogP contribution in [0.15, 0.2) is 14.7 Å². The van der Waals surface area contributed by atoms with E-state index in [1.807, 2.05) is 6.92 Å². The topological polar surface area (TPSA) is 46.2 Å². The summed E-state index contributed by atoms with van der Waals surface area (Å²) < 4.78 is 27.3. The van der Waals surface area contributed by atoms with Gasteiger partial charge >= 0.3 is 0 Å². The molecule has 0 aliphatic heterocycles. The van der Waals surface area contributed by atoms with Gasteiger partial charge in [-0.2, -0.15) is 0 Å². The van der Waals surface area contributed by atoms with E-state index in [1.54, 1.807) is 13.0 Å². The monoisotopic (exact) mass is 359 g/mol. The standard InChI is InChI=1S/C10H15BrClNO2S2/c1-3-8(12)4-5-13-17(14,15)9-6-10(11)16-7(9)2/h6,8,13H,3-5H2,1-2H3. The molecule has 1 heterocycles. The molecule has 0 aliphatic carbocycles. The summed E-state index contributed by atoms with van der Waals surface area (Å²) in [7, 11) is -3.40. The third-order valence-corrected chi connectivity index (χ3v) is 6.12. The van der Waals surface area contributed by atoms with Crippen molar-refractivity contribution in [1.29, 1.82) is 0 Å². The highest BCUT2D eigenvalue weighted by molar-refractivity contribution is 9.11. The van der Waals surface area contributed by atoms with Gasteiger partial charge in [0.25, 0.3) is 0 Å². The van der Waals surface area contributed by atoms with Crippen LogP contribution in [0.25, 0.3) is 0 Å². The smallest absolute Gasteiger partial charge is 0.211 e. The molecule has 1 aromatic heterocycles. The molecule has 98 valence electrons. The second-order valence-electron chi connectivity index (χ2n) is 3.66. The van der Waals surface area contributed by atoms with Crippen molar-refractivity contribution in [3.63, 3.8) is 0 Å². The average molecular weight is 361 g/mol. The molecule has 1 N–H and O–H groups in total. The van der Waals surface area contributed by atoms with E-state index in [0.29, 0.717) is 17.9 Å². The third-order valence-electron chi connectivity index (χ3n) is 2.32. The Hall–Kier alpha value is 0.380. The maximum Gasteiger partial charge on any atom is 0.241 e. The fourth-order valence-corrected chi connectivity index (χ4v) is 4.90. The van der Waals surface area contributed by atoms with E-state index in [4.69, 9.17) is 11.6 Å². The van der Waals surface area contributed by atoms with Gasteiger partial charge < -0.3 is 0 Å². The van der Waals surface area contributed by atoms with Crippen LogP contribution in [0.4, 0.5) is 0 Å². The fourth-order valence-electron chi connectivity index (χ4n) is 1.33. The zero-order valence-corrected chi connectivity index (χ0v) is 13.6. The Labute approximate surface area is 120 Å². The molecule has 0 amide bonds. The molecule has 0 fully saturated rings. The van der Waals surface area contributed by atoms with Gasteiger partial charge in [0.15, 0.2) is 0 Å². The molecule has 1 atom stereocenters. The van der Waals surface area contributed by atoms with Gasteiger partial charge in [0.05, 0.1) is 8.68 Å². The quantitative estimate of drug-likeness (QED) is 0.789. The Kier molecular flexibility index (Phi) is 5.92. The molecule has 7 heteroatoms. The van der Waals surface area contributed by atoms with Crippen molar-refractivity contribution >= 4 is 48.9 Å². The maximum absolute atomic E-state index is 12.0. The Morgan fingerprint density at radius 3 is 2.71 bits per heavy atom. The molecule has 17 heavy (non-hydrogen) atoms. The van der Waals surface area contributed by atoms with Crippen LogP contribution in [-0.4, -0.2) is 20.3 Å². The molecule has 0 aliphatic rings. The second kappa shape index (κ2) is 6.52. The summed E-state index contributed by atoms with van der Waals surface area (Å²) in [6.45, 7) is 4.14. The Balaban J connectivity index is 2.66. The summed E-state index contributed by atoms with van der Waals surface area (Å²) in [6, 6.07) is 1.63. The number of hydrogen-bond acceptors (Lipinski definition) is 3. The minimum Gasteiger partial charge on any atom is -0.211 e. The van der Waals surface area contributed by atoms with Crippen molar-refractivity contribution in [3.8, 4) is 0 Å².